The van der Waals surface area contributed by atoms with Crippen LogP contribution in [0, 0.1) is 0 Å². The molecule has 0 bridgehead atoms. The molecule has 138 valence electrons. The molecule has 0 radical (unpaired) electrons. The van der Waals surface area contributed by atoms with Crippen molar-refractivity contribution in [2.24, 2.45) is 0 Å². The fourth-order valence-electron chi connectivity index (χ4n) is 2.69. The van der Waals surface area contributed by atoms with Gasteiger partial charge in [0.05, 0.1) is 12.8 Å². The topological polar surface area (TPSA) is 60.1 Å². The molecule has 0 saturated carbocycles. The van der Waals surface area contributed by atoms with E-state index in [1.54, 1.807) is 29.1 Å². The molecule has 5 nitrogen and oxygen atoms in total. The highest BCUT2D eigenvalue weighted by molar-refractivity contribution is 5.95. The number of carbonyl (C=O) groups is 2. The number of carbonyl (C=O) groups excluding carboxylic acids is 2. The van der Waals surface area contributed by atoms with Crippen molar-refractivity contribution < 1.29 is 18.9 Å². The van der Waals surface area contributed by atoms with Crippen molar-refractivity contribution in [2.75, 3.05) is 6.61 Å². The van der Waals surface area contributed by atoms with Gasteiger partial charge in [0.2, 0.25) is 12.3 Å². The fourth-order valence-corrected chi connectivity index (χ4v) is 2.69. The molecule has 0 N–H and O–H groups in total. The van der Waals surface area contributed by atoms with Crippen molar-refractivity contribution in [2.45, 2.75) is 52.0 Å². The number of unbranched alkanes of at least 4 members (excludes halogenated alkanes) is 5. The molecule has 0 aliphatic rings. The quantitative estimate of drug-likeness (QED) is 0.266. The summed E-state index contributed by atoms with van der Waals surface area (Å²) in [6.07, 6.45) is 11.4. The Bertz CT molecular complexity index is 701. The third-order valence-electron chi connectivity index (χ3n) is 4.19. The Labute approximate surface area is 155 Å². The predicted octanol–water partition coefficient (Wildman–Crippen LogP) is 3.77. The Kier molecular flexibility index (Phi) is 8.46. The van der Waals surface area contributed by atoms with E-state index in [9.17, 15) is 9.59 Å². The fraction of sp³-hybridized carbons (Fsp3) is 0.429. The molecule has 1 heterocycles. The van der Waals surface area contributed by atoms with E-state index in [1.807, 2.05) is 18.2 Å². The molecule has 0 unspecified atom stereocenters. The number of aromatic nitrogens is 2. The second-order valence-corrected chi connectivity index (χ2v) is 6.28. The van der Waals surface area contributed by atoms with E-state index in [2.05, 4.69) is 11.9 Å². The summed E-state index contributed by atoms with van der Waals surface area (Å²) in [6.45, 7) is 2.66. The Morgan fingerprint density at radius 3 is 2.54 bits per heavy atom. The van der Waals surface area contributed by atoms with E-state index in [4.69, 9.17) is 4.74 Å². The van der Waals surface area contributed by atoms with Gasteiger partial charge in [-0.2, -0.15) is 4.57 Å². The monoisotopic (exact) mass is 355 g/mol. The summed E-state index contributed by atoms with van der Waals surface area (Å²) < 4.78 is 6.94. The number of benzene rings is 1. The summed E-state index contributed by atoms with van der Waals surface area (Å²) in [6, 6.07) is 9.03. The van der Waals surface area contributed by atoms with Crippen LogP contribution in [0.1, 0.15) is 66.3 Å². The molecular formula is C21H27N2O3+. The first-order valence-electron chi connectivity index (χ1n) is 9.31. The molecule has 0 saturated heterocycles. The number of nitrogens with zero attached hydrogens (tertiary/aromatic N) is 2. The van der Waals surface area contributed by atoms with Crippen LogP contribution in [0.25, 0.3) is 0 Å². The second-order valence-electron chi connectivity index (χ2n) is 6.28. The maximum absolute atomic E-state index is 12.4. The minimum atomic E-state index is -0.437. The summed E-state index contributed by atoms with van der Waals surface area (Å²) in [5.41, 5.74) is 0.908. The van der Waals surface area contributed by atoms with Gasteiger partial charge in [0.15, 0.2) is 6.20 Å². The van der Waals surface area contributed by atoms with Crippen LogP contribution in [0.3, 0.4) is 0 Å². The van der Waals surface area contributed by atoms with Crippen LogP contribution in [-0.4, -0.2) is 23.3 Å². The summed E-state index contributed by atoms with van der Waals surface area (Å²) in [5.74, 6) is -0.501. The van der Waals surface area contributed by atoms with Crippen LogP contribution < -0.4 is 4.57 Å². The largest absolute Gasteiger partial charge is 0.458 e. The van der Waals surface area contributed by atoms with Gasteiger partial charge in [-0.25, -0.2) is 4.79 Å². The zero-order valence-electron chi connectivity index (χ0n) is 15.4. The van der Waals surface area contributed by atoms with Gasteiger partial charge < -0.3 is 4.74 Å². The van der Waals surface area contributed by atoms with Crippen molar-refractivity contribution in [3.63, 3.8) is 0 Å². The molecule has 0 atom stereocenters. The lowest BCUT2D eigenvalue weighted by molar-refractivity contribution is -0.686. The number of Topliss-reactive ketones (excluding diaryl/α,β-unsaturated/α-hetero) is 1. The lowest BCUT2D eigenvalue weighted by atomic mass is 10.1. The van der Waals surface area contributed by atoms with Crippen LogP contribution in [0.5, 0.6) is 0 Å². The van der Waals surface area contributed by atoms with Crippen LogP contribution in [-0.2, 0) is 11.3 Å². The minimum Gasteiger partial charge on any atom is -0.458 e. The Balaban J connectivity index is 1.87. The zero-order valence-corrected chi connectivity index (χ0v) is 15.4. The second kappa shape index (κ2) is 11.1. The molecule has 2 rings (SSSR count). The summed E-state index contributed by atoms with van der Waals surface area (Å²) in [5, 5.41) is 0. The van der Waals surface area contributed by atoms with Gasteiger partial charge in [-0.3, -0.25) is 9.78 Å². The van der Waals surface area contributed by atoms with E-state index in [0.29, 0.717) is 17.9 Å². The van der Waals surface area contributed by atoms with Gasteiger partial charge in [0.1, 0.15) is 6.20 Å². The average Bonchev–Trinajstić information content (AvgIpc) is 2.68. The molecule has 0 amide bonds. The van der Waals surface area contributed by atoms with Crippen LogP contribution in [0.4, 0.5) is 0 Å². The van der Waals surface area contributed by atoms with Crippen LogP contribution >= 0.6 is 0 Å². The summed E-state index contributed by atoms with van der Waals surface area (Å²) in [4.78, 5) is 28.7. The number of rotatable bonds is 11. The van der Waals surface area contributed by atoms with Gasteiger partial charge in [-0.1, -0.05) is 69.4 Å². The van der Waals surface area contributed by atoms with Crippen LogP contribution in [0.15, 0.2) is 48.9 Å². The average molecular weight is 355 g/mol. The van der Waals surface area contributed by atoms with Gasteiger partial charge >= 0.3 is 11.7 Å². The van der Waals surface area contributed by atoms with Gasteiger partial charge in [0.25, 0.3) is 0 Å². The van der Waals surface area contributed by atoms with E-state index < -0.39 is 5.97 Å². The highest BCUT2D eigenvalue weighted by Gasteiger charge is 2.23. The zero-order chi connectivity index (χ0) is 18.6. The maximum atomic E-state index is 12.4. The third kappa shape index (κ3) is 6.39. The molecule has 0 aliphatic heterocycles. The molecule has 0 aliphatic carbocycles. The van der Waals surface area contributed by atoms with E-state index in [0.717, 1.165) is 12.8 Å². The molecule has 2 aromatic rings. The number of hydrogen-bond donors (Lipinski definition) is 0. The first-order valence-corrected chi connectivity index (χ1v) is 9.31. The first kappa shape index (κ1) is 19.8. The molecule has 1 aromatic heterocycles. The van der Waals surface area contributed by atoms with Crippen molar-refractivity contribution in [3.05, 3.63) is 60.2 Å². The Morgan fingerprint density at radius 2 is 1.77 bits per heavy atom. The van der Waals surface area contributed by atoms with Gasteiger partial charge in [-0.05, 0) is 6.42 Å². The molecule has 0 fully saturated rings. The van der Waals surface area contributed by atoms with Crippen molar-refractivity contribution in [1.29, 1.82) is 0 Å². The minimum absolute atomic E-state index is 0.0632. The van der Waals surface area contributed by atoms with E-state index in [-0.39, 0.29) is 12.3 Å². The number of hydrogen-bond acceptors (Lipinski definition) is 4. The predicted molar refractivity (Wildman–Crippen MR) is 98.9 cm³/mol. The van der Waals surface area contributed by atoms with Gasteiger partial charge in [-0.15, -0.1) is 0 Å². The standard InChI is InChI=1S/C21H27N2O3/c1-2-3-4-5-6-10-15-26-21(25)19-16-22-13-14-23(19)17-20(24)18-11-8-7-9-12-18/h7-9,11-14,16H,2-6,10,15,17H2,1H3/q+1. The van der Waals surface area contributed by atoms with Crippen molar-refractivity contribution in [1.82, 2.24) is 4.98 Å². The smallest absolute Gasteiger partial charge is 0.405 e. The Morgan fingerprint density at radius 1 is 1.04 bits per heavy atom. The maximum Gasteiger partial charge on any atom is 0.405 e. The van der Waals surface area contributed by atoms with Crippen LogP contribution in [0.2, 0.25) is 0 Å². The molecule has 26 heavy (non-hydrogen) atoms. The highest BCUT2D eigenvalue weighted by atomic mass is 16.5. The van der Waals surface area contributed by atoms with E-state index in [1.165, 1.54) is 31.9 Å². The third-order valence-corrected chi connectivity index (χ3v) is 4.19. The Hall–Kier alpha value is -2.56. The lowest BCUT2D eigenvalue weighted by Crippen LogP contribution is -2.44. The molecule has 1 aromatic carbocycles. The highest BCUT2D eigenvalue weighted by Crippen LogP contribution is 2.06. The van der Waals surface area contributed by atoms with E-state index >= 15 is 0 Å². The molecular weight excluding hydrogens is 328 g/mol. The number of esters is 1. The lowest BCUT2D eigenvalue weighted by Gasteiger charge is -2.05. The van der Waals surface area contributed by atoms with Crippen molar-refractivity contribution >= 4 is 11.8 Å². The first-order chi connectivity index (χ1) is 12.7. The number of ether oxygens (including phenoxy) is 1. The molecule has 5 heteroatoms. The molecule has 0 spiro atoms. The summed E-state index contributed by atoms with van der Waals surface area (Å²) >= 11 is 0. The summed E-state index contributed by atoms with van der Waals surface area (Å²) in [7, 11) is 0. The number of ketones is 1. The SMILES string of the molecule is CCCCCCCCOC(=O)c1cncc[n+]1CC(=O)c1ccccc1. The van der Waals surface area contributed by atoms with Crippen molar-refractivity contribution in [3.8, 4) is 0 Å². The normalized spacial score (nSPS) is 10.5. The van der Waals surface area contributed by atoms with Gasteiger partial charge in [0, 0.05) is 5.56 Å².